The van der Waals surface area contributed by atoms with E-state index in [1.165, 1.54) is 0 Å². The van der Waals surface area contributed by atoms with E-state index in [0.717, 1.165) is 23.4 Å². The van der Waals surface area contributed by atoms with Gasteiger partial charge in [0, 0.05) is 11.5 Å². The smallest absolute Gasteiger partial charge is 0.197 e. The molecule has 0 saturated carbocycles. The fraction of sp³-hybridized carbons (Fsp3) is 0.125. The molecule has 0 aliphatic heterocycles. The molecular formula is C16H13BrN2. The van der Waals surface area contributed by atoms with Crippen molar-refractivity contribution in [2.75, 3.05) is 0 Å². The third-order valence-electron chi connectivity index (χ3n) is 3.15. The Balaban J connectivity index is 2.01. The molecule has 3 heteroatoms. The van der Waals surface area contributed by atoms with Crippen molar-refractivity contribution < 1.29 is 0 Å². The number of halogens is 1. The first-order chi connectivity index (χ1) is 9.33. The maximum Gasteiger partial charge on any atom is 0.197 e. The third-order valence-corrected chi connectivity index (χ3v) is 3.50. The minimum absolute atomic E-state index is 0.340. The molecule has 0 N–H and O–H groups in total. The van der Waals surface area contributed by atoms with Gasteiger partial charge in [-0.25, -0.2) is 9.97 Å². The SMILES string of the molecule is Brc1nc(-c2ccccc2)cc(C2C=CC=CC2)n1. The molecule has 1 aliphatic carbocycles. The van der Waals surface area contributed by atoms with E-state index in [-0.39, 0.29) is 0 Å². The van der Waals surface area contributed by atoms with E-state index in [4.69, 9.17) is 0 Å². The standard InChI is InChI=1S/C16H13BrN2/c17-16-18-14(12-7-3-1-4-8-12)11-15(19-16)13-9-5-2-6-10-13/h1-9,11,13H,10H2. The van der Waals surface area contributed by atoms with E-state index in [0.29, 0.717) is 10.7 Å². The molecule has 1 aromatic heterocycles. The Morgan fingerprint density at radius 3 is 2.63 bits per heavy atom. The molecule has 1 aliphatic rings. The average molecular weight is 313 g/mol. The summed E-state index contributed by atoms with van der Waals surface area (Å²) >= 11 is 3.41. The van der Waals surface area contributed by atoms with Crippen LogP contribution in [0.5, 0.6) is 0 Å². The summed E-state index contributed by atoms with van der Waals surface area (Å²) in [7, 11) is 0. The Morgan fingerprint density at radius 1 is 1.05 bits per heavy atom. The van der Waals surface area contributed by atoms with Gasteiger partial charge in [0.1, 0.15) is 0 Å². The van der Waals surface area contributed by atoms with Crippen LogP contribution in [0.3, 0.4) is 0 Å². The second-order valence-electron chi connectivity index (χ2n) is 4.47. The highest BCUT2D eigenvalue weighted by Gasteiger charge is 2.13. The van der Waals surface area contributed by atoms with Crippen LogP contribution in [0, 0.1) is 0 Å². The van der Waals surface area contributed by atoms with Crippen LogP contribution >= 0.6 is 15.9 Å². The number of hydrogen-bond donors (Lipinski definition) is 0. The lowest BCUT2D eigenvalue weighted by Gasteiger charge is -2.13. The topological polar surface area (TPSA) is 25.8 Å². The number of allylic oxidation sites excluding steroid dienone is 4. The minimum Gasteiger partial charge on any atom is -0.227 e. The maximum absolute atomic E-state index is 4.50. The van der Waals surface area contributed by atoms with Crippen LogP contribution in [0.2, 0.25) is 0 Å². The molecular weight excluding hydrogens is 300 g/mol. The Kier molecular flexibility index (Phi) is 3.56. The third kappa shape index (κ3) is 2.82. The molecule has 19 heavy (non-hydrogen) atoms. The number of nitrogens with zero attached hydrogens (tertiary/aromatic N) is 2. The number of aromatic nitrogens is 2. The van der Waals surface area contributed by atoms with Gasteiger partial charge >= 0.3 is 0 Å². The normalized spacial score (nSPS) is 17.6. The Hall–Kier alpha value is -1.74. The molecule has 2 aromatic rings. The summed E-state index contributed by atoms with van der Waals surface area (Å²) in [5, 5.41) is 0. The highest BCUT2D eigenvalue weighted by Crippen LogP contribution is 2.27. The lowest BCUT2D eigenvalue weighted by Crippen LogP contribution is -2.02. The molecule has 0 saturated heterocycles. The fourth-order valence-electron chi connectivity index (χ4n) is 2.18. The summed E-state index contributed by atoms with van der Waals surface area (Å²) < 4.78 is 0.645. The highest BCUT2D eigenvalue weighted by molar-refractivity contribution is 9.10. The van der Waals surface area contributed by atoms with E-state index in [9.17, 15) is 0 Å². The molecule has 0 bridgehead atoms. The molecule has 0 fully saturated rings. The minimum atomic E-state index is 0.340. The van der Waals surface area contributed by atoms with Crippen molar-refractivity contribution in [3.63, 3.8) is 0 Å². The van der Waals surface area contributed by atoms with Crippen LogP contribution in [0.4, 0.5) is 0 Å². The van der Waals surface area contributed by atoms with Gasteiger partial charge in [-0.15, -0.1) is 0 Å². The van der Waals surface area contributed by atoms with Gasteiger partial charge < -0.3 is 0 Å². The zero-order valence-corrected chi connectivity index (χ0v) is 11.9. The summed E-state index contributed by atoms with van der Waals surface area (Å²) in [6.07, 6.45) is 9.50. The van der Waals surface area contributed by atoms with Crippen molar-refractivity contribution in [3.8, 4) is 11.3 Å². The molecule has 94 valence electrons. The number of hydrogen-bond acceptors (Lipinski definition) is 2. The van der Waals surface area contributed by atoms with Crippen molar-refractivity contribution in [2.45, 2.75) is 12.3 Å². The molecule has 0 amide bonds. The van der Waals surface area contributed by atoms with Crippen LogP contribution < -0.4 is 0 Å². The van der Waals surface area contributed by atoms with Gasteiger partial charge in [-0.2, -0.15) is 0 Å². The molecule has 3 rings (SSSR count). The summed E-state index contributed by atoms with van der Waals surface area (Å²) in [4.78, 5) is 8.97. The predicted octanol–water partition coefficient (Wildman–Crippen LogP) is 4.51. The van der Waals surface area contributed by atoms with E-state index in [1.54, 1.807) is 0 Å². The predicted molar refractivity (Wildman–Crippen MR) is 80.8 cm³/mol. The summed E-state index contributed by atoms with van der Waals surface area (Å²) in [5.74, 6) is 0.340. The molecule has 1 unspecified atom stereocenters. The van der Waals surface area contributed by atoms with Gasteiger partial charge in [-0.3, -0.25) is 0 Å². The summed E-state index contributed by atoms with van der Waals surface area (Å²) in [6, 6.07) is 12.3. The molecule has 0 radical (unpaired) electrons. The van der Waals surface area contributed by atoms with Gasteiger partial charge in [0.15, 0.2) is 4.73 Å². The Labute approximate surface area is 121 Å². The summed E-state index contributed by atoms with van der Waals surface area (Å²) in [5.41, 5.74) is 3.13. The first-order valence-electron chi connectivity index (χ1n) is 6.26. The molecule has 1 atom stereocenters. The zero-order valence-electron chi connectivity index (χ0n) is 10.3. The van der Waals surface area contributed by atoms with Gasteiger partial charge in [-0.1, -0.05) is 54.6 Å². The fourth-order valence-corrected chi connectivity index (χ4v) is 2.58. The lowest BCUT2D eigenvalue weighted by molar-refractivity contribution is 0.803. The molecule has 1 aromatic carbocycles. The second kappa shape index (κ2) is 5.49. The van der Waals surface area contributed by atoms with E-state index >= 15 is 0 Å². The highest BCUT2D eigenvalue weighted by atomic mass is 79.9. The van der Waals surface area contributed by atoms with Crippen molar-refractivity contribution in [2.24, 2.45) is 0 Å². The van der Waals surface area contributed by atoms with E-state index < -0.39 is 0 Å². The summed E-state index contributed by atoms with van der Waals surface area (Å²) in [6.45, 7) is 0. The molecule has 1 heterocycles. The van der Waals surface area contributed by atoms with Gasteiger partial charge in [0.2, 0.25) is 0 Å². The molecule has 2 nitrogen and oxygen atoms in total. The lowest BCUT2D eigenvalue weighted by atomic mass is 9.96. The van der Waals surface area contributed by atoms with Gasteiger partial charge in [0.05, 0.1) is 11.4 Å². The average Bonchev–Trinajstić information content (AvgIpc) is 2.48. The van der Waals surface area contributed by atoms with Crippen LogP contribution in [0.1, 0.15) is 18.0 Å². The van der Waals surface area contributed by atoms with E-state index in [1.807, 2.05) is 18.2 Å². The van der Waals surface area contributed by atoms with Crippen molar-refractivity contribution >= 4 is 15.9 Å². The van der Waals surface area contributed by atoms with Crippen molar-refractivity contribution in [1.82, 2.24) is 9.97 Å². The Morgan fingerprint density at radius 2 is 1.89 bits per heavy atom. The number of rotatable bonds is 2. The molecule has 0 spiro atoms. The maximum atomic E-state index is 4.50. The van der Waals surface area contributed by atoms with Crippen molar-refractivity contribution in [3.05, 3.63) is 71.1 Å². The zero-order chi connectivity index (χ0) is 13.1. The largest absolute Gasteiger partial charge is 0.227 e. The first kappa shape index (κ1) is 12.3. The van der Waals surface area contributed by atoms with Crippen LogP contribution in [0.15, 0.2) is 65.4 Å². The first-order valence-corrected chi connectivity index (χ1v) is 7.05. The van der Waals surface area contributed by atoms with Gasteiger partial charge in [-0.05, 0) is 28.4 Å². The monoisotopic (exact) mass is 312 g/mol. The van der Waals surface area contributed by atoms with Crippen LogP contribution in [-0.4, -0.2) is 9.97 Å². The van der Waals surface area contributed by atoms with Gasteiger partial charge in [0.25, 0.3) is 0 Å². The van der Waals surface area contributed by atoms with Crippen LogP contribution in [0.25, 0.3) is 11.3 Å². The number of benzene rings is 1. The second-order valence-corrected chi connectivity index (χ2v) is 5.18. The van der Waals surface area contributed by atoms with Crippen LogP contribution in [-0.2, 0) is 0 Å². The quantitative estimate of drug-likeness (QED) is 0.763. The van der Waals surface area contributed by atoms with Crippen molar-refractivity contribution in [1.29, 1.82) is 0 Å². The van der Waals surface area contributed by atoms with E-state index in [2.05, 4.69) is 68.4 Å². The Bertz CT molecular complexity index is 632.